The topological polar surface area (TPSA) is 12.5 Å². The van der Waals surface area contributed by atoms with Crippen LogP contribution < -0.4 is 0 Å². The van der Waals surface area contributed by atoms with Crippen LogP contribution in [0.1, 0.15) is 78.1 Å². The van der Waals surface area contributed by atoms with Gasteiger partial charge in [0.25, 0.3) is 0 Å². The Balaban J connectivity index is 1.34. The number of ether oxygens (including phenoxy) is 1. The standard InChI is InChI=1S/C23H35F3O/c1-21-9-7-16(23(24,25)26)11-14(21)3-5-18-19-6-4-15(12-17-13-27-17)22(19,2)10-8-20(18)21/h14-20H,3-13H2,1-2H3. The zero-order valence-electron chi connectivity index (χ0n) is 16.9. The summed E-state index contributed by atoms with van der Waals surface area (Å²) in [5.41, 5.74) is 0.614. The number of hydrogen-bond donors (Lipinski definition) is 0. The summed E-state index contributed by atoms with van der Waals surface area (Å²) in [6.07, 6.45) is 6.79. The molecule has 1 saturated heterocycles. The Bertz CT molecular complexity index is 585. The Morgan fingerprint density at radius 3 is 2.30 bits per heavy atom. The molecule has 5 fully saturated rings. The average Bonchev–Trinajstić information content (AvgIpc) is 3.35. The molecule has 9 atom stereocenters. The van der Waals surface area contributed by atoms with Crippen molar-refractivity contribution in [1.29, 1.82) is 0 Å². The first-order valence-electron chi connectivity index (χ1n) is 11.4. The van der Waals surface area contributed by atoms with E-state index in [0.717, 1.165) is 37.2 Å². The van der Waals surface area contributed by atoms with Crippen LogP contribution in [-0.4, -0.2) is 18.9 Å². The van der Waals surface area contributed by atoms with Gasteiger partial charge in [-0.05, 0) is 105 Å². The SMILES string of the molecule is CC12CCC3C(CCC4CC(C(F)(F)F)CCC43C)C1CCC2CC1CO1. The fourth-order valence-corrected chi connectivity index (χ4v) is 8.57. The molecule has 0 radical (unpaired) electrons. The summed E-state index contributed by atoms with van der Waals surface area (Å²) in [4.78, 5) is 0. The molecule has 154 valence electrons. The number of alkyl halides is 3. The maximum atomic E-state index is 13.3. The Kier molecular flexibility index (Phi) is 4.25. The predicted octanol–water partition coefficient (Wildman–Crippen LogP) is 6.61. The minimum absolute atomic E-state index is 0.156. The van der Waals surface area contributed by atoms with E-state index < -0.39 is 12.1 Å². The van der Waals surface area contributed by atoms with Gasteiger partial charge in [0.1, 0.15) is 0 Å². The summed E-state index contributed by atoms with van der Waals surface area (Å²) in [6, 6.07) is 0. The molecule has 1 aliphatic heterocycles. The summed E-state index contributed by atoms with van der Waals surface area (Å²) >= 11 is 0. The van der Waals surface area contributed by atoms with Crippen molar-refractivity contribution in [2.75, 3.05) is 6.61 Å². The largest absolute Gasteiger partial charge is 0.391 e. The van der Waals surface area contributed by atoms with Gasteiger partial charge in [0.2, 0.25) is 0 Å². The Hall–Kier alpha value is -0.250. The number of halogens is 3. The quantitative estimate of drug-likeness (QED) is 0.488. The molecule has 9 unspecified atom stereocenters. The molecular weight excluding hydrogens is 349 g/mol. The number of fused-ring (bicyclic) bond motifs is 5. The van der Waals surface area contributed by atoms with Crippen LogP contribution >= 0.6 is 0 Å². The third kappa shape index (κ3) is 2.90. The van der Waals surface area contributed by atoms with E-state index in [9.17, 15) is 13.2 Å². The molecule has 5 rings (SSSR count). The molecule has 0 aromatic carbocycles. The van der Waals surface area contributed by atoms with Gasteiger partial charge >= 0.3 is 6.18 Å². The second kappa shape index (κ2) is 6.12. The minimum atomic E-state index is -3.99. The van der Waals surface area contributed by atoms with Gasteiger partial charge in [-0.1, -0.05) is 13.8 Å². The van der Waals surface area contributed by atoms with Crippen LogP contribution in [0.25, 0.3) is 0 Å². The van der Waals surface area contributed by atoms with E-state index in [1.54, 1.807) is 0 Å². The molecule has 4 saturated carbocycles. The lowest BCUT2D eigenvalue weighted by atomic mass is 9.44. The molecule has 1 nitrogen and oxygen atoms in total. The molecule has 0 bridgehead atoms. The first-order valence-corrected chi connectivity index (χ1v) is 11.4. The molecule has 0 N–H and O–H groups in total. The van der Waals surface area contributed by atoms with Crippen LogP contribution in [0.5, 0.6) is 0 Å². The zero-order valence-corrected chi connectivity index (χ0v) is 16.9. The van der Waals surface area contributed by atoms with Gasteiger partial charge in [0.05, 0.1) is 18.6 Å². The molecule has 0 aromatic heterocycles. The molecule has 4 heteroatoms. The monoisotopic (exact) mass is 384 g/mol. The first kappa shape index (κ1) is 18.8. The van der Waals surface area contributed by atoms with E-state index >= 15 is 0 Å². The molecule has 0 spiro atoms. The van der Waals surface area contributed by atoms with Crippen molar-refractivity contribution in [2.45, 2.75) is 90.3 Å². The van der Waals surface area contributed by atoms with Crippen LogP contribution in [0.2, 0.25) is 0 Å². The maximum Gasteiger partial charge on any atom is 0.391 e. The van der Waals surface area contributed by atoms with E-state index in [0.29, 0.717) is 36.2 Å². The van der Waals surface area contributed by atoms with Crippen LogP contribution in [0.15, 0.2) is 0 Å². The van der Waals surface area contributed by atoms with Crippen LogP contribution in [0.3, 0.4) is 0 Å². The van der Waals surface area contributed by atoms with Crippen LogP contribution in [0, 0.1) is 46.3 Å². The van der Waals surface area contributed by atoms with Crippen molar-refractivity contribution in [3.05, 3.63) is 0 Å². The predicted molar refractivity (Wildman–Crippen MR) is 99.1 cm³/mol. The summed E-state index contributed by atoms with van der Waals surface area (Å²) in [5.74, 6) is 2.29. The Morgan fingerprint density at radius 2 is 1.59 bits per heavy atom. The molecule has 0 aromatic rings. The van der Waals surface area contributed by atoms with Crippen molar-refractivity contribution in [2.24, 2.45) is 46.3 Å². The van der Waals surface area contributed by atoms with Crippen molar-refractivity contribution in [3.63, 3.8) is 0 Å². The highest BCUT2D eigenvalue weighted by molar-refractivity contribution is 5.09. The lowest BCUT2D eigenvalue weighted by Crippen LogP contribution is -2.54. The first-order chi connectivity index (χ1) is 12.7. The molecule has 0 amide bonds. The van der Waals surface area contributed by atoms with Crippen LogP contribution in [-0.2, 0) is 4.74 Å². The Morgan fingerprint density at radius 1 is 0.889 bits per heavy atom. The number of epoxide rings is 1. The van der Waals surface area contributed by atoms with Gasteiger partial charge in [-0.25, -0.2) is 0 Å². The lowest BCUT2D eigenvalue weighted by Gasteiger charge is -2.61. The van der Waals surface area contributed by atoms with E-state index in [-0.39, 0.29) is 5.41 Å². The number of rotatable bonds is 2. The van der Waals surface area contributed by atoms with Crippen molar-refractivity contribution >= 4 is 0 Å². The highest BCUT2D eigenvalue weighted by Crippen LogP contribution is 2.68. The van der Waals surface area contributed by atoms with Gasteiger partial charge in [0.15, 0.2) is 0 Å². The maximum absolute atomic E-state index is 13.3. The second-order valence-corrected chi connectivity index (χ2v) is 11.2. The summed E-state index contributed by atoms with van der Waals surface area (Å²) < 4.78 is 45.5. The molecule has 5 aliphatic rings. The summed E-state index contributed by atoms with van der Waals surface area (Å²) in [6.45, 7) is 5.88. The second-order valence-electron chi connectivity index (χ2n) is 11.2. The average molecular weight is 385 g/mol. The summed E-state index contributed by atoms with van der Waals surface area (Å²) in [7, 11) is 0. The third-order valence-corrected chi connectivity index (χ3v) is 10.3. The van der Waals surface area contributed by atoms with Gasteiger partial charge < -0.3 is 4.74 Å². The molecule has 1 heterocycles. The van der Waals surface area contributed by atoms with Gasteiger partial charge in [-0.15, -0.1) is 0 Å². The molecule has 4 aliphatic carbocycles. The molecule has 27 heavy (non-hydrogen) atoms. The third-order valence-electron chi connectivity index (χ3n) is 10.3. The fraction of sp³-hybridized carbons (Fsp3) is 1.00. The van der Waals surface area contributed by atoms with E-state index in [1.165, 1.54) is 38.5 Å². The summed E-state index contributed by atoms with van der Waals surface area (Å²) in [5, 5.41) is 0. The smallest absolute Gasteiger partial charge is 0.373 e. The van der Waals surface area contributed by atoms with Gasteiger partial charge in [-0.3, -0.25) is 0 Å². The molecular formula is C23H35F3O. The van der Waals surface area contributed by atoms with E-state index in [2.05, 4.69) is 13.8 Å². The normalized spacial score (nSPS) is 54.8. The van der Waals surface area contributed by atoms with Gasteiger partial charge in [-0.2, -0.15) is 13.2 Å². The highest BCUT2D eigenvalue weighted by Gasteiger charge is 2.61. The Labute approximate surface area is 161 Å². The fourth-order valence-electron chi connectivity index (χ4n) is 8.57. The van der Waals surface area contributed by atoms with Crippen molar-refractivity contribution in [1.82, 2.24) is 0 Å². The van der Waals surface area contributed by atoms with Crippen LogP contribution in [0.4, 0.5) is 13.2 Å². The minimum Gasteiger partial charge on any atom is -0.373 e. The van der Waals surface area contributed by atoms with E-state index in [1.807, 2.05) is 0 Å². The highest BCUT2D eigenvalue weighted by atomic mass is 19.4. The lowest BCUT2D eigenvalue weighted by molar-refractivity contribution is -0.208. The van der Waals surface area contributed by atoms with Gasteiger partial charge in [0, 0.05) is 0 Å². The zero-order chi connectivity index (χ0) is 19.0. The van der Waals surface area contributed by atoms with Crippen molar-refractivity contribution < 1.29 is 17.9 Å². The number of hydrogen-bond acceptors (Lipinski definition) is 1. The van der Waals surface area contributed by atoms with E-state index in [4.69, 9.17) is 4.74 Å². The van der Waals surface area contributed by atoms with Crippen molar-refractivity contribution in [3.8, 4) is 0 Å².